The first kappa shape index (κ1) is 11.9. The normalized spacial score (nSPS) is 14.4. The molecule has 5 nitrogen and oxygen atoms in total. The van der Waals surface area contributed by atoms with Gasteiger partial charge >= 0.3 is 5.97 Å². The Balaban J connectivity index is 1.69. The van der Waals surface area contributed by atoms with E-state index in [-0.39, 0.29) is 5.97 Å². The van der Waals surface area contributed by atoms with Crippen LogP contribution in [0.15, 0.2) is 30.6 Å². The Hall–Kier alpha value is -2.17. The molecule has 0 bridgehead atoms. The summed E-state index contributed by atoms with van der Waals surface area (Å²) in [5.41, 5.74) is 2.51. The van der Waals surface area contributed by atoms with Crippen LogP contribution in [0.2, 0.25) is 0 Å². The van der Waals surface area contributed by atoms with E-state index in [0.29, 0.717) is 18.0 Å². The van der Waals surface area contributed by atoms with Crippen molar-refractivity contribution in [1.82, 2.24) is 14.8 Å². The van der Waals surface area contributed by atoms with Crippen LogP contribution in [-0.4, -0.2) is 27.8 Å². The summed E-state index contributed by atoms with van der Waals surface area (Å²) in [5, 5.41) is 4.53. The molecular formula is C14H15N3O2. The molecule has 0 aromatic carbocycles. The van der Waals surface area contributed by atoms with E-state index in [1.807, 2.05) is 16.9 Å². The van der Waals surface area contributed by atoms with Gasteiger partial charge in [-0.25, -0.2) is 4.79 Å². The van der Waals surface area contributed by atoms with Crippen LogP contribution in [0.1, 0.15) is 40.5 Å². The van der Waals surface area contributed by atoms with Gasteiger partial charge in [-0.1, -0.05) is 0 Å². The van der Waals surface area contributed by atoms with Crippen molar-refractivity contribution in [3.8, 4) is 0 Å². The second-order valence-corrected chi connectivity index (χ2v) is 4.74. The SMILES string of the molecule is COC(=O)c1ccc(Cn2ccc(C3CC3)n2)nc1. The number of nitrogens with zero attached hydrogens (tertiary/aromatic N) is 3. The van der Waals surface area contributed by atoms with E-state index in [2.05, 4.69) is 20.9 Å². The largest absolute Gasteiger partial charge is 0.465 e. The molecule has 19 heavy (non-hydrogen) atoms. The Bertz CT molecular complexity index is 585. The molecule has 2 heterocycles. The van der Waals surface area contributed by atoms with Crippen molar-refractivity contribution >= 4 is 5.97 Å². The summed E-state index contributed by atoms with van der Waals surface area (Å²) in [6.07, 6.45) is 6.02. The summed E-state index contributed by atoms with van der Waals surface area (Å²) >= 11 is 0. The highest BCUT2D eigenvalue weighted by molar-refractivity contribution is 5.88. The third-order valence-electron chi connectivity index (χ3n) is 3.23. The quantitative estimate of drug-likeness (QED) is 0.786. The van der Waals surface area contributed by atoms with Crippen LogP contribution < -0.4 is 0 Å². The highest BCUT2D eigenvalue weighted by Crippen LogP contribution is 2.38. The summed E-state index contributed by atoms with van der Waals surface area (Å²) in [6.45, 7) is 0.619. The third-order valence-corrected chi connectivity index (χ3v) is 3.23. The van der Waals surface area contributed by atoms with Crippen molar-refractivity contribution in [2.45, 2.75) is 25.3 Å². The van der Waals surface area contributed by atoms with Crippen LogP contribution in [0.5, 0.6) is 0 Å². The topological polar surface area (TPSA) is 57.0 Å². The fourth-order valence-corrected chi connectivity index (χ4v) is 1.98. The average molecular weight is 257 g/mol. The van der Waals surface area contributed by atoms with Crippen molar-refractivity contribution in [2.75, 3.05) is 7.11 Å². The lowest BCUT2D eigenvalue weighted by molar-refractivity contribution is 0.0600. The minimum atomic E-state index is -0.367. The van der Waals surface area contributed by atoms with Gasteiger partial charge in [-0.15, -0.1) is 0 Å². The van der Waals surface area contributed by atoms with Crippen LogP contribution in [0, 0.1) is 0 Å². The molecule has 1 fully saturated rings. The van der Waals surface area contributed by atoms with E-state index in [0.717, 1.165) is 5.69 Å². The minimum absolute atomic E-state index is 0.367. The maximum absolute atomic E-state index is 11.3. The van der Waals surface area contributed by atoms with Gasteiger partial charge in [0.05, 0.1) is 30.6 Å². The zero-order chi connectivity index (χ0) is 13.2. The zero-order valence-corrected chi connectivity index (χ0v) is 10.7. The molecule has 98 valence electrons. The molecule has 1 saturated carbocycles. The number of pyridine rings is 1. The van der Waals surface area contributed by atoms with E-state index >= 15 is 0 Å². The van der Waals surface area contributed by atoms with E-state index in [1.54, 1.807) is 6.07 Å². The highest BCUT2D eigenvalue weighted by Gasteiger charge is 2.25. The van der Waals surface area contributed by atoms with Gasteiger partial charge in [0, 0.05) is 18.3 Å². The molecule has 5 heteroatoms. The molecule has 1 aliphatic carbocycles. The van der Waals surface area contributed by atoms with Crippen molar-refractivity contribution in [1.29, 1.82) is 0 Å². The fraction of sp³-hybridized carbons (Fsp3) is 0.357. The van der Waals surface area contributed by atoms with Gasteiger partial charge in [0.15, 0.2) is 0 Å². The fourth-order valence-electron chi connectivity index (χ4n) is 1.98. The monoisotopic (exact) mass is 257 g/mol. The predicted octanol–water partition coefficient (Wildman–Crippen LogP) is 1.99. The summed E-state index contributed by atoms with van der Waals surface area (Å²) in [5.74, 6) is 0.296. The van der Waals surface area contributed by atoms with Crippen LogP contribution in [0.4, 0.5) is 0 Å². The Morgan fingerprint density at radius 3 is 2.89 bits per heavy atom. The number of methoxy groups -OCH3 is 1. The Morgan fingerprint density at radius 1 is 1.42 bits per heavy atom. The number of hydrogen-bond donors (Lipinski definition) is 0. The molecule has 0 aliphatic heterocycles. The van der Waals surface area contributed by atoms with Crippen LogP contribution >= 0.6 is 0 Å². The Labute approximate surface area is 111 Å². The van der Waals surface area contributed by atoms with Gasteiger partial charge in [0.25, 0.3) is 0 Å². The van der Waals surface area contributed by atoms with E-state index in [9.17, 15) is 4.79 Å². The van der Waals surface area contributed by atoms with Gasteiger partial charge in [0.2, 0.25) is 0 Å². The maximum atomic E-state index is 11.3. The molecule has 1 aliphatic rings. The van der Waals surface area contributed by atoms with Gasteiger partial charge < -0.3 is 4.74 Å². The molecule has 0 saturated heterocycles. The number of esters is 1. The highest BCUT2D eigenvalue weighted by atomic mass is 16.5. The summed E-state index contributed by atoms with van der Waals surface area (Å²) in [7, 11) is 1.36. The molecule has 0 spiro atoms. The second kappa shape index (κ2) is 4.84. The standard InChI is InChI=1S/C14H15N3O2/c1-19-14(18)11-4-5-12(15-8-11)9-17-7-6-13(16-17)10-2-3-10/h4-8,10H,2-3,9H2,1H3. The molecule has 2 aromatic rings. The lowest BCUT2D eigenvalue weighted by Gasteiger charge is -2.03. The van der Waals surface area contributed by atoms with Gasteiger partial charge in [-0.3, -0.25) is 9.67 Å². The number of carbonyl (C=O) groups excluding carboxylic acids is 1. The molecule has 3 rings (SSSR count). The smallest absolute Gasteiger partial charge is 0.339 e. The van der Waals surface area contributed by atoms with Gasteiger partial charge in [0.1, 0.15) is 0 Å². The van der Waals surface area contributed by atoms with E-state index < -0.39 is 0 Å². The first-order valence-corrected chi connectivity index (χ1v) is 6.33. The average Bonchev–Trinajstić information content (AvgIpc) is 3.20. The number of aromatic nitrogens is 3. The Kier molecular flexibility index (Phi) is 3.03. The van der Waals surface area contributed by atoms with Gasteiger partial charge in [-0.05, 0) is 31.0 Å². The first-order chi connectivity index (χ1) is 9.26. The number of ether oxygens (including phenoxy) is 1. The first-order valence-electron chi connectivity index (χ1n) is 6.33. The molecule has 0 amide bonds. The van der Waals surface area contributed by atoms with Crippen molar-refractivity contribution in [3.05, 3.63) is 47.5 Å². The van der Waals surface area contributed by atoms with E-state index in [4.69, 9.17) is 0 Å². The lowest BCUT2D eigenvalue weighted by atomic mass is 10.2. The molecule has 0 unspecified atom stereocenters. The minimum Gasteiger partial charge on any atom is -0.465 e. The van der Waals surface area contributed by atoms with Crippen LogP contribution in [-0.2, 0) is 11.3 Å². The second-order valence-electron chi connectivity index (χ2n) is 4.74. The predicted molar refractivity (Wildman–Crippen MR) is 68.9 cm³/mol. The lowest BCUT2D eigenvalue weighted by Crippen LogP contribution is -2.06. The maximum Gasteiger partial charge on any atom is 0.339 e. The summed E-state index contributed by atoms with van der Waals surface area (Å²) in [6, 6.07) is 5.62. The van der Waals surface area contributed by atoms with Gasteiger partial charge in [-0.2, -0.15) is 5.10 Å². The summed E-state index contributed by atoms with van der Waals surface area (Å²) < 4.78 is 6.52. The molecule has 2 aromatic heterocycles. The van der Waals surface area contributed by atoms with Crippen LogP contribution in [0.3, 0.4) is 0 Å². The third kappa shape index (κ3) is 2.65. The molecule has 0 N–H and O–H groups in total. The molecular weight excluding hydrogens is 242 g/mol. The number of rotatable bonds is 4. The number of hydrogen-bond acceptors (Lipinski definition) is 4. The molecule has 0 radical (unpaired) electrons. The van der Waals surface area contributed by atoms with Crippen LogP contribution in [0.25, 0.3) is 0 Å². The summed E-state index contributed by atoms with van der Waals surface area (Å²) in [4.78, 5) is 15.5. The van der Waals surface area contributed by atoms with Crippen molar-refractivity contribution in [2.24, 2.45) is 0 Å². The van der Waals surface area contributed by atoms with E-state index in [1.165, 1.54) is 31.8 Å². The van der Waals surface area contributed by atoms with Crippen molar-refractivity contribution < 1.29 is 9.53 Å². The zero-order valence-electron chi connectivity index (χ0n) is 10.7. The number of carbonyl (C=O) groups is 1. The van der Waals surface area contributed by atoms with Crippen molar-refractivity contribution in [3.63, 3.8) is 0 Å². The Morgan fingerprint density at radius 2 is 2.26 bits per heavy atom. The molecule has 0 atom stereocenters.